The van der Waals surface area contributed by atoms with Gasteiger partial charge in [-0.25, -0.2) is 0 Å². The van der Waals surface area contributed by atoms with Crippen molar-refractivity contribution < 1.29 is 0 Å². The van der Waals surface area contributed by atoms with Gasteiger partial charge in [0, 0.05) is 6.04 Å². The quantitative estimate of drug-likeness (QED) is 0.822. The zero-order chi connectivity index (χ0) is 10.9. The summed E-state index contributed by atoms with van der Waals surface area (Å²) >= 11 is 5.90. The normalized spacial score (nSPS) is 14.4. The topological polar surface area (TPSA) is 43.8 Å². The number of nitrogens with two attached hydrogens (primary N) is 1. The van der Waals surface area contributed by atoms with Gasteiger partial charge < -0.3 is 5.73 Å². The van der Waals surface area contributed by atoms with Crippen LogP contribution < -0.4 is 5.73 Å². The lowest BCUT2D eigenvalue weighted by Crippen LogP contribution is -2.39. The molecule has 1 atom stereocenters. The average Bonchev–Trinajstić information content (AvgIpc) is 2.34. The Morgan fingerprint density at radius 1 is 1.57 bits per heavy atom. The molecule has 0 saturated heterocycles. The highest BCUT2D eigenvalue weighted by atomic mass is 35.5. The van der Waals surface area contributed by atoms with Crippen molar-refractivity contribution in [2.75, 3.05) is 0 Å². The SMILES string of the molecule is Cc1c(Cl)cnn1CC(N)C(C)(C)C. The van der Waals surface area contributed by atoms with Crippen LogP contribution in [0.4, 0.5) is 0 Å². The van der Waals surface area contributed by atoms with Gasteiger partial charge in [0.2, 0.25) is 0 Å². The first-order chi connectivity index (χ1) is 6.32. The van der Waals surface area contributed by atoms with Crippen molar-refractivity contribution in [3.05, 3.63) is 16.9 Å². The van der Waals surface area contributed by atoms with Crippen LogP contribution in [-0.4, -0.2) is 15.8 Å². The van der Waals surface area contributed by atoms with Crippen LogP contribution in [0.1, 0.15) is 26.5 Å². The largest absolute Gasteiger partial charge is 0.326 e. The average molecular weight is 216 g/mol. The lowest BCUT2D eigenvalue weighted by molar-refractivity contribution is 0.282. The Kier molecular flexibility index (Phi) is 3.22. The van der Waals surface area contributed by atoms with E-state index in [1.54, 1.807) is 6.20 Å². The molecule has 1 rings (SSSR count). The third kappa shape index (κ3) is 2.49. The molecule has 0 spiro atoms. The summed E-state index contributed by atoms with van der Waals surface area (Å²) < 4.78 is 1.86. The van der Waals surface area contributed by atoms with Crippen LogP contribution >= 0.6 is 11.6 Å². The second kappa shape index (κ2) is 3.91. The van der Waals surface area contributed by atoms with Gasteiger partial charge in [0.1, 0.15) is 0 Å². The van der Waals surface area contributed by atoms with E-state index in [4.69, 9.17) is 17.3 Å². The summed E-state index contributed by atoms with van der Waals surface area (Å²) in [5.41, 5.74) is 7.12. The van der Waals surface area contributed by atoms with E-state index in [1.165, 1.54) is 0 Å². The number of aromatic nitrogens is 2. The van der Waals surface area contributed by atoms with Crippen molar-refractivity contribution in [2.24, 2.45) is 11.1 Å². The maximum absolute atomic E-state index is 6.06. The van der Waals surface area contributed by atoms with Gasteiger partial charge in [-0.05, 0) is 12.3 Å². The fraction of sp³-hybridized carbons (Fsp3) is 0.700. The smallest absolute Gasteiger partial charge is 0.0814 e. The number of hydrogen-bond donors (Lipinski definition) is 1. The summed E-state index contributed by atoms with van der Waals surface area (Å²) in [6.45, 7) is 9.03. The first-order valence-corrected chi connectivity index (χ1v) is 5.13. The lowest BCUT2D eigenvalue weighted by Gasteiger charge is -2.27. The maximum Gasteiger partial charge on any atom is 0.0814 e. The second-order valence-corrected chi connectivity index (χ2v) is 5.14. The molecule has 0 aliphatic rings. The Hall–Kier alpha value is -0.540. The van der Waals surface area contributed by atoms with Gasteiger partial charge >= 0.3 is 0 Å². The molecule has 3 nitrogen and oxygen atoms in total. The molecule has 0 aromatic carbocycles. The van der Waals surface area contributed by atoms with Gasteiger partial charge in [-0.3, -0.25) is 4.68 Å². The zero-order valence-electron chi connectivity index (χ0n) is 9.21. The van der Waals surface area contributed by atoms with Gasteiger partial charge in [-0.1, -0.05) is 32.4 Å². The summed E-state index contributed by atoms with van der Waals surface area (Å²) in [7, 11) is 0. The van der Waals surface area contributed by atoms with Gasteiger partial charge in [0.05, 0.1) is 23.5 Å². The van der Waals surface area contributed by atoms with Crippen LogP contribution in [0.2, 0.25) is 5.02 Å². The Bertz CT molecular complexity index is 312. The van der Waals surface area contributed by atoms with Crippen molar-refractivity contribution in [3.63, 3.8) is 0 Å². The second-order valence-electron chi connectivity index (χ2n) is 4.73. The van der Waals surface area contributed by atoms with Gasteiger partial charge in [-0.15, -0.1) is 0 Å². The van der Waals surface area contributed by atoms with Crippen LogP contribution in [0.3, 0.4) is 0 Å². The molecule has 0 fully saturated rings. The molecule has 0 aliphatic heterocycles. The van der Waals surface area contributed by atoms with E-state index in [-0.39, 0.29) is 11.5 Å². The minimum Gasteiger partial charge on any atom is -0.326 e. The van der Waals surface area contributed by atoms with Crippen molar-refractivity contribution in [1.29, 1.82) is 0 Å². The first kappa shape index (κ1) is 11.5. The maximum atomic E-state index is 6.06. The number of nitrogens with zero attached hydrogens (tertiary/aromatic N) is 2. The summed E-state index contributed by atoms with van der Waals surface area (Å²) in [5, 5.41) is 4.87. The fourth-order valence-electron chi connectivity index (χ4n) is 1.07. The van der Waals surface area contributed by atoms with Crippen LogP contribution in [0, 0.1) is 12.3 Å². The summed E-state index contributed by atoms with van der Waals surface area (Å²) in [5.74, 6) is 0. The van der Waals surface area contributed by atoms with Crippen LogP contribution in [0.25, 0.3) is 0 Å². The molecule has 80 valence electrons. The van der Waals surface area contributed by atoms with E-state index in [1.807, 2.05) is 11.6 Å². The Balaban J connectivity index is 2.75. The van der Waals surface area contributed by atoms with Gasteiger partial charge in [0.25, 0.3) is 0 Å². The predicted molar refractivity (Wildman–Crippen MR) is 59.4 cm³/mol. The highest BCUT2D eigenvalue weighted by Gasteiger charge is 2.21. The Morgan fingerprint density at radius 3 is 2.50 bits per heavy atom. The molecule has 0 bridgehead atoms. The Morgan fingerprint density at radius 2 is 2.14 bits per heavy atom. The molecule has 0 amide bonds. The summed E-state index contributed by atoms with van der Waals surface area (Å²) in [6, 6.07) is 0.0807. The molecule has 0 aliphatic carbocycles. The van der Waals surface area contributed by atoms with Crippen LogP contribution in [0.15, 0.2) is 6.20 Å². The van der Waals surface area contributed by atoms with Crippen molar-refractivity contribution >= 4 is 11.6 Å². The molecule has 14 heavy (non-hydrogen) atoms. The molecular weight excluding hydrogens is 198 g/mol. The standard InChI is InChI=1S/C10H18ClN3/c1-7-8(11)5-13-14(7)6-9(12)10(2,3)4/h5,9H,6,12H2,1-4H3. The Labute approximate surface area is 90.2 Å². The highest BCUT2D eigenvalue weighted by molar-refractivity contribution is 6.31. The van der Waals surface area contributed by atoms with Crippen LogP contribution in [0.5, 0.6) is 0 Å². The minimum atomic E-state index is 0.0807. The number of halogens is 1. The molecule has 1 unspecified atom stereocenters. The molecule has 1 aromatic heterocycles. The van der Waals surface area contributed by atoms with E-state index in [2.05, 4.69) is 25.9 Å². The van der Waals surface area contributed by atoms with Crippen molar-refractivity contribution in [1.82, 2.24) is 9.78 Å². The van der Waals surface area contributed by atoms with E-state index < -0.39 is 0 Å². The van der Waals surface area contributed by atoms with E-state index in [0.29, 0.717) is 11.6 Å². The fourth-order valence-corrected chi connectivity index (χ4v) is 1.21. The molecule has 1 heterocycles. The first-order valence-electron chi connectivity index (χ1n) is 4.76. The number of rotatable bonds is 2. The monoisotopic (exact) mass is 215 g/mol. The van der Waals surface area contributed by atoms with Gasteiger partial charge in [0.15, 0.2) is 0 Å². The summed E-state index contributed by atoms with van der Waals surface area (Å²) in [6.07, 6.45) is 1.66. The van der Waals surface area contributed by atoms with E-state index in [0.717, 1.165) is 5.69 Å². The van der Waals surface area contributed by atoms with E-state index >= 15 is 0 Å². The molecule has 0 saturated carbocycles. The molecular formula is C10H18ClN3. The van der Waals surface area contributed by atoms with Gasteiger partial charge in [-0.2, -0.15) is 5.10 Å². The molecule has 2 N–H and O–H groups in total. The number of hydrogen-bond acceptors (Lipinski definition) is 2. The zero-order valence-corrected chi connectivity index (χ0v) is 9.97. The predicted octanol–water partition coefficient (Wildman–Crippen LogP) is 2.22. The molecule has 4 heteroatoms. The van der Waals surface area contributed by atoms with Crippen molar-refractivity contribution in [3.8, 4) is 0 Å². The van der Waals surface area contributed by atoms with Crippen LogP contribution in [-0.2, 0) is 6.54 Å². The lowest BCUT2D eigenvalue weighted by atomic mass is 9.87. The molecule has 1 aromatic rings. The van der Waals surface area contributed by atoms with E-state index in [9.17, 15) is 0 Å². The third-order valence-electron chi connectivity index (χ3n) is 2.53. The molecule has 0 radical (unpaired) electrons. The highest BCUT2D eigenvalue weighted by Crippen LogP contribution is 2.20. The van der Waals surface area contributed by atoms with Crippen molar-refractivity contribution in [2.45, 2.75) is 40.3 Å². The third-order valence-corrected chi connectivity index (χ3v) is 2.90. The minimum absolute atomic E-state index is 0.0807. The summed E-state index contributed by atoms with van der Waals surface area (Å²) in [4.78, 5) is 0.